The van der Waals surface area contributed by atoms with Crippen LogP contribution in [0, 0.1) is 0 Å². The highest BCUT2D eigenvalue weighted by atomic mass is 16.5. The van der Waals surface area contributed by atoms with Gasteiger partial charge in [0, 0.05) is 18.9 Å². The molecular weight excluding hydrogens is 254 g/mol. The molecule has 0 saturated carbocycles. The Morgan fingerprint density at radius 3 is 2.95 bits per heavy atom. The Morgan fingerprint density at radius 1 is 1.35 bits per heavy atom. The van der Waals surface area contributed by atoms with Crippen molar-refractivity contribution in [1.82, 2.24) is 15.1 Å². The van der Waals surface area contributed by atoms with Crippen LogP contribution in [-0.2, 0) is 13.0 Å². The largest absolute Gasteiger partial charge is 0.496 e. The van der Waals surface area contributed by atoms with Crippen molar-refractivity contribution >= 4 is 0 Å². The lowest BCUT2D eigenvalue weighted by molar-refractivity contribution is 0.147. The van der Waals surface area contributed by atoms with Crippen LogP contribution >= 0.6 is 0 Å². The number of methoxy groups -OCH3 is 1. The molecule has 0 spiro atoms. The Hall–Kier alpha value is -1.85. The van der Waals surface area contributed by atoms with Crippen molar-refractivity contribution in [3.05, 3.63) is 48.3 Å². The van der Waals surface area contributed by atoms with Crippen LogP contribution in [0.25, 0.3) is 0 Å². The van der Waals surface area contributed by atoms with Crippen molar-refractivity contribution in [3.63, 3.8) is 0 Å². The highest BCUT2D eigenvalue weighted by Gasteiger charge is 2.05. The zero-order chi connectivity index (χ0) is 14.2. The molecule has 1 heterocycles. The summed E-state index contributed by atoms with van der Waals surface area (Å²) in [6.07, 6.45) is 3.99. The molecule has 0 saturated heterocycles. The standard InChI is InChI=1S/C15H21N3O2/c1-20-15-6-3-2-5-13(15)7-9-16-11-14(19)12-18-10-4-8-17-18/h2-6,8,10,14,16,19H,7,9,11-12H2,1H3. The molecule has 1 aromatic heterocycles. The topological polar surface area (TPSA) is 59.3 Å². The number of ether oxygens (including phenoxy) is 1. The molecule has 20 heavy (non-hydrogen) atoms. The van der Waals surface area contributed by atoms with Crippen molar-refractivity contribution in [2.75, 3.05) is 20.2 Å². The van der Waals surface area contributed by atoms with E-state index in [1.165, 1.54) is 5.56 Å². The monoisotopic (exact) mass is 275 g/mol. The highest BCUT2D eigenvalue weighted by Crippen LogP contribution is 2.17. The number of rotatable bonds is 8. The first-order valence-corrected chi connectivity index (χ1v) is 6.77. The SMILES string of the molecule is COc1ccccc1CCNCC(O)Cn1cccn1. The Labute approximate surface area is 119 Å². The lowest BCUT2D eigenvalue weighted by Gasteiger charge is -2.13. The molecule has 1 aromatic carbocycles. The van der Waals surface area contributed by atoms with E-state index in [1.54, 1.807) is 18.0 Å². The zero-order valence-electron chi connectivity index (χ0n) is 11.7. The normalized spacial score (nSPS) is 12.3. The lowest BCUT2D eigenvalue weighted by atomic mass is 10.1. The van der Waals surface area contributed by atoms with E-state index in [2.05, 4.69) is 16.5 Å². The molecular formula is C15H21N3O2. The fraction of sp³-hybridized carbons (Fsp3) is 0.400. The third-order valence-electron chi connectivity index (χ3n) is 3.10. The highest BCUT2D eigenvalue weighted by molar-refractivity contribution is 5.33. The number of nitrogens with zero attached hydrogens (tertiary/aromatic N) is 2. The van der Waals surface area contributed by atoms with E-state index in [9.17, 15) is 5.11 Å². The van der Waals surface area contributed by atoms with E-state index < -0.39 is 6.10 Å². The van der Waals surface area contributed by atoms with Gasteiger partial charge in [0.1, 0.15) is 5.75 Å². The summed E-state index contributed by atoms with van der Waals surface area (Å²) in [7, 11) is 1.68. The van der Waals surface area contributed by atoms with Gasteiger partial charge in [-0.2, -0.15) is 5.10 Å². The minimum atomic E-state index is -0.437. The van der Waals surface area contributed by atoms with Crippen LogP contribution in [0.3, 0.4) is 0 Å². The molecule has 0 bridgehead atoms. The first-order valence-electron chi connectivity index (χ1n) is 6.77. The molecule has 1 atom stereocenters. The molecule has 0 fully saturated rings. The number of aliphatic hydroxyl groups excluding tert-OH is 1. The molecule has 1 unspecified atom stereocenters. The van der Waals surface area contributed by atoms with Gasteiger partial charge in [-0.15, -0.1) is 0 Å². The van der Waals surface area contributed by atoms with Crippen LogP contribution in [-0.4, -0.2) is 41.2 Å². The fourth-order valence-electron chi connectivity index (χ4n) is 2.09. The Balaban J connectivity index is 1.68. The number of benzene rings is 1. The molecule has 5 nitrogen and oxygen atoms in total. The Kier molecular flexibility index (Phi) is 5.58. The summed E-state index contributed by atoms with van der Waals surface area (Å²) in [6, 6.07) is 9.83. The molecule has 2 rings (SSSR count). The zero-order valence-corrected chi connectivity index (χ0v) is 11.7. The van der Waals surface area contributed by atoms with E-state index >= 15 is 0 Å². The first-order chi connectivity index (χ1) is 9.79. The lowest BCUT2D eigenvalue weighted by Crippen LogP contribution is -2.31. The van der Waals surface area contributed by atoms with E-state index in [0.29, 0.717) is 13.1 Å². The Morgan fingerprint density at radius 2 is 2.20 bits per heavy atom. The van der Waals surface area contributed by atoms with E-state index in [0.717, 1.165) is 18.7 Å². The minimum Gasteiger partial charge on any atom is -0.496 e. The fourth-order valence-corrected chi connectivity index (χ4v) is 2.09. The third-order valence-corrected chi connectivity index (χ3v) is 3.10. The van der Waals surface area contributed by atoms with Crippen molar-refractivity contribution in [2.24, 2.45) is 0 Å². The molecule has 0 aliphatic carbocycles. The number of hydrogen-bond acceptors (Lipinski definition) is 4. The van der Waals surface area contributed by atoms with Gasteiger partial charge in [-0.3, -0.25) is 4.68 Å². The summed E-state index contributed by atoms with van der Waals surface area (Å²) >= 11 is 0. The van der Waals surface area contributed by atoms with Gasteiger partial charge in [-0.05, 0) is 30.7 Å². The maximum atomic E-state index is 9.87. The molecule has 108 valence electrons. The average Bonchev–Trinajstić information content (AvgIpc) is 2.97. The summed E-state index contributed by atoms with van der Waals surface area (Å²) in [5.41, 5.74) is 1.17. The van der Waals surface area contributed by atoms with Gasteiger partial charge >= 0.3 is 0 Å². The Bertz CT molecular complexity index is 500. The molecule has 0 aliphatic heterocycles. The number of aromatic nitrogens is 2. The van der Waals surface area contributed by atoms with Crippen LogP contribution in [0.4, 0.5) is 0 Å². The second kappa shape index (κ2) is 7.67. The molecule has 5 heteroatoms. The predicted molar refractivity (Wildman–Crippen MR) is 77.8 cm³/mol. The number of nitrogens with one attached hydrogen (secondary N) is 1. The van der Waals surface area contributed by atoms with Gasteiger partial charge in [0.25, 0.3) is 0 Å². The summed E-state index contributed by atoms with van der Waals surface area (Å²) in [4.78, 5) is 0. The van der Waals surface area contributed by atoms with Gasteiger partial charge in [-0.25, -0.2) is 0 Å². The third kappa shape index (κ3) is 4.36. The van der Waals surface area contributed by atoms with Crippen LogP contribution in [0.2, 0.25) is 0 Å². The van der Waals surface area contributed by atoms with Crippen LogP contribution in [0.5, 0.6) is 5.75 Å². The maximum Gasteiger partial charge on any atom is 0.122 e. The average molecular weight is 275 g/mol. The molecule has 0 aliphatic rings. The van der Waals surface area contributed by atoms with E-state index in [-0.39, 0.29) is 0 Å². The van der Waals surface area contributed by atoms with Gasteiger partial charge in [0.2, 0.25) is 0 Å². The van der Waals surface area contributed by atoms with E-state index in [1.807, 2.05) is 30.5 Å². The van der Waals surface area contributed by atoms with Gasteiger partial charge in [-0.1, -0.05) is 18.2 Å². The maximum absolute atomic E-state index is 9.87. The van der Waals surface area contributed by atoms with Gasteiger partial charge < -0.3 is 15.2 Å². The summed E-state index contributed by atoms with van der Waals surface area (Å²) in [5, 5.41) is 17.2. The summed E-state index contributed by atoms with van der Waals surface area (Å²) < 4.78 is 7.03. The van der Waals surface area contributed by atoms with Crippen molar-refractivity contribution in [1.29, 1.82) is 0 Å². The summed E-state index contributed by atoms with van der Waals surface area (Å²) in [5.74, 6) is 0.909. The van der Waals surface area contributed by atoms with Gasteiger partial charge in [0.05, 0.1) is 19.8 Å². The summed E-state index contributed by atoms with van der Waals surface area (Å²) in [6.45, 7) is 1.86. The molecule has 2 N–H and O–H groups in total. The van der Waals surface area contributed by atoms with Crippen molar-refractivity contribution in [3.8, 4) is 5.75 Å². The van der Waals surface area contributed by atoms with Crippen molar-refractivity contribution in [2.45, 2.75) is 19.1 Å². The number of aliphatic hydroxyl groups is 1. The van der Waals surface area contributed by atoms with Crippen LogP contribution in [0.15, 0.2) is 42.7 Å². The molecule has 0 amide bonds. The smallest absolute Gasteiger partial charge is 0.122 e. The quantitative estimate of drug-likeness (QED) is 0.708. The molecule has 0 radical (unpaired) electrons. The number of para-hydroxylation sites is 1. The number of hydrogen-bond donors (Lipinski definition) is 2. The second-order valence-corrected chi connectivity index (χ2v) is 4.65. The van der Waals surface area contributed by atoms with Crippen LogP contribution < -0.4 is 10.1 Å². The minimum absolute atomic E-state index is 0.437. The second-order valence-electron chi connectivity index (χ2n) is 4.65. The van der Waals surface area contributed by atoms with E-state index in [4.69, 9.17) is 4.74 Å². The predicted octanol–water partition coefficient (Wildman–Crippen LogP) is 1.08. The first kappa shape index (κ1) is 14.6. The van der Waals surface area contributed by atoms with Crippen LogP contribution in [0.1, 0.15) is 5.56 Å². The van der Waals surface area contributed by atoms with Crippen molar-refractivity contribution < 1.29 is 9.84 Å². The van der Waals surface area contributed by atoms with Gasteiger partial charge in [0.15, 0.2) is 0 Å². The molecule has 2 aromatic rings.